The van der Waals surface area contributed by atoms with Crippen molar-refractivity contribution in [1.82, 2.24) is 10.2 Å². The fraction of sp³-hybridized carbons (Fsp3) is 0.636. The second-order valence-electron chi connectivity index (χ2n) is 3.99. The van der Waals surface area contributed by atoms with Crippen molar-refractivity contribution in [2.45, 2.75) is 39.2 Å². The second-order valence-corrected chi connectivity index (χ2v) is 3.99. The molecule has 3 N–H and O–H groups in total. The summed E-state index contributed by atoms with van der Waals surface area (Å²) in [6, 6.07) is -0.0332. The number of nitrogens with two attached hydrogens (primary N) is 1. The van der Waals surface area contributed by atoms with Crippen LogP contribution < -0.4 is 5.73 Å². The molecule has 1 unspecified atom stereocenters. The molecule has 0 saturated heterocycles. The van der Waals surface area contributed by atoms with Crippen LogP contribution in [0.25, 0.3) is 0 Å². The van der Waals surface area contributed by atoms with Gasteiger partial charge >= 0.3 is 5.97 Å². The molecule has 0 radical (unpaired) electrons. The van der Waals surface area contributed by atoms with Gasteiger partial charge < -0.3 is 10.5 Å². The van der Waals surface area contributed by atoms with E-state index in [1.807, 2.05) is 13.8 Å². The van der Waals surface area contributed by atoms with E-state index in [-0.39, 0.29) is 12.0 Å². The Morgan fingerprint density at radius 1 is 1.56 bits per heavy atom. The van der Waals surface area contributed by atoms with Crippen molar-refractivity contribution in [2.75, 3.05) is 7.11 Å². The molecule has 1 heterocycles. The predicted molar refractivity (Wildman–Crippen MR) is 61.0 cm³/mol. The first-order chi connectivity index (χ1) is 7.54. The number of hydrogen-bond acceptors (Lipinski definition) is 4. The van der Waals surface area contributed by atoms with E-state index >= 15 is 0 Å². The number of hydrogen-bond donors (Lipinski definition) is 2. The highest BCUT2D eigenvalue weighted by Crippen LogP contribution is 2.13. The lowest BCUT2D eigenvalue weighted by Gasteiger charge is -2.10. The van der Waals surface area contributed by atoms with Crippen LogP contribution in [0.5, 0.6) is 0 Å². The van der Waals surface area contributed by atoms with Gasteiger partial charge in [0.15, 0.2) is 0 Å². The maximum atomic E-state index is 11.0. The van der Waals surface area contributed by atoms with Crippen LogP contribution in [0, 0.1) is 13.8 Å². The summed E-state index contributed by atoms with van der Waals surface area (Å²) in [7, 11) is 1.39. The van der Waals surface area contributed by atoms with Crippen molar-refractivity contribution >= 4 is 5.97 Å². The number of ether oxygens (including phenoxy) is 1. The van der Waals surface area contributed by atoms with Gasteiger partial charge in [0.1, 0.15) is 0 Å². The Kier molecular flexibility index (Phi) is 4.49. The molecule has 0 bridgehead atoms. The largest absolute Gasteiger partial charge is 0.469 e. The number of carbonyl (C=O) groups is 1. The second kappa shape index (κ2) is 5.65. The van der Waals surface area contributed by atoms with Crippen LogP contribution in [0.1, 0.15) is 29.8 Å². The number of nitrogens with zero attached hydrogens (tertiary/aromatic N) is 1. The standard InChI is InChI=1S/C11H19N3O2/c1-7-10(8(2)14-13-7)6-9(12)4-5-11(15)16-3/h9H,4-6,12H2,1-3H3,(H,13,14). The van der Waals surface area contributed by atoms with Gasteiger partial charge in [-0.15, -0.1) is 0 Å². The van der Waals surface area contributed by atoms with E-state index in [0.717, 1.165) is 23.4 Å². The molecule has 1 rings (SSSR count). The van der Waals surface area contributed by atoms with Crippen LogP contribution in [0.2, 0.25) is 0 Å². The molecule has 0 aliphatic rings. The third kappa shape index (κ3) is 3.34. The summed E-state index contributed by atoms with van der Waals surface area (Å²) in [5.74, 6) is -0.212. The highest BCUT2D eigenvalue weighted by atomic mass is 16.5. The number of carbonyl (C=O) groups excluding carboxylic acids is 1. The Morgan fingerprint density at radius 2 is 2.25 bits per heavy atom. The zero-order valence-corrected chi connectivity index (χ0v) is 10.0. The fourth-order valence-corrected chi connectivity index (χ4v) is 1.64. The maximum Gasteiger partial charge on any atom is 0.305 e. The van der Waals surface area contributed by atoms with Crippen molar-refractivity contribution < 1.29 is 9.53 Å². The topological polar surface area (TPSA) is 81.0 Å². The Hall–Kier alpha value is -1.36. The van der Waals surface area contributed by atoms with Gasteiger partial charge in [0.25, 0.3) is 0 Å². The van der Waals surface area contributed by atoms with Gasteiger partial charge in [0, 0.05) is 18.2 Å². The molecule has 1 aromatic rings. The third-order valence-electron chi connectivity index (χ3n) is 2.69. The van der Waals surface area contributed by atoms with Gasteiger partial charge in [-0.25, -0.2) is 0 Å². The van der Waals surface area contributed by atoms with E-state index in [4.69, 9.17) is 5.73 Å². The van der Waals surface area contributed by atoms with Crippen molar-refractivity contribution in [3.8, 4) is 0 Å². The molecular weight excluding hydrogens is 206 g/mol. The van der Waals surface area contributed by atoms with Gasteiger partial charge in [0.2, 0.25) is 0 Å². The first kappa shape index (κ1) is 12.7. The first-order valence-electron chi connectivity index (χ1n) is 5.37. The van der Waals surface area contributed by atoms with E-state index in [0.29, 0.717) is 12.8 Å². The van der Waals surface area contributed by atoms with Crippen molar-refractivity contribution in [3.05, 3.63) is 17.0 Å². The molecule has 1 atom stereocenters. The first-order valence-corrected chi connectivity index (χ1v) is 5.37. The minimum Gasteiger partial charge on any atom is -0.469 e. The molecule has 16 heavy (non-hydrogen) atoms. The fourth-order valence-electron chi connectivity index (χ4n) is 1.64. The number of rotatable bonds is 5. The maximum absolute atomic E-state index is 11.0. The van der Waals surface area contributed by atoms with Gasteiger partial charge in [-0.05, 0) is 32.3 Å². The van der Waals surface area contributed by atoms with Crippen LogP contribution in [-0.4, -0.2) is 29.3 Å². The molecule has 0 aliphatic heterocycles. The number of H-pyrrole nitrogens is 1. The van der Waals surface area contributed by atoms with Gasteiger partial charge in [-0.3, -0.25) is 9.89 Å². The summed E-state index contributed by atoms with van der Waals surface area (Å²) in [4.78, 5) is 11.0. The summed E-state index contributed by atoms with van der Waals surface area (Å²) in [6.45, 7) is 3.92. The zero-order chi connectivity index (χ0) is 12.1. The van der Waals surface area contributed by atoms with Crippen LogP contribution in [0.3, 0.4) is 0 Å². The summed E-state index contributed by atoms with van der Waals surface area (Å²) in [6.07, 6.45) is 1.75. The predicted octanol–water partition coefficient (Wildman–Crippen LogP) is 0.850. The molecule has 0 aromatic carbocycles. The van der Waals surface area contributed by atoms with E-state index in [9.17, 15) is 4.79 Å². The van der Waals surface area contributed by atoms with Crippen molar-refractivity contribution in [2.24, 2.45) is 5.73 Å². The summed E-state index contributed by atoms with van der Waals surface area (Å²) < 4.78 is 4.57. The van der Waals surface area contributed by atoms with Gasteiger partial charge in [-0.2, -0.15) is 5.10 Å². The number of methoxy groups -OCH3 is 1. The zero-order valence-electron chi connectivity index (χ0n) is 10.0. The molecule has 5 heteroatoms. The van der Waals surface area contributed by atoms with Crippen LogP contribution in [0.4, 0.5) is 0 Å². The molecule has 90 valence electrons. The number of aromatic amines is 1. The highest BCUT2D eigenvalue weighted by Gasteiger charge is 2.12. The third-order valence-corrected chi connectivity index (χ3v) is 2.69. The van der Waals surface area contributed by atoms with Crippen LogP contribution >= 0.6 is 0 Å². The molecule has 1 aromatic heterocycles. The lowest BCUT2D eigenvalue weighted by Crippen LogP contribution is -2.24. The normalized spacial score (nSPS) is 12.5. The summed E-state index contributed by atoms with van der Waals surface area (Å²) in [5.41, 5.74) is 9.13. The number of esters is 1. The quantitative estimate of drug-likeness (QED) is 0.728. The molecule has 0 fully saturated rings. The van der Waals surface area contributed by atoms with Gasteiger partial charge in [0.05, 0.1) is 12.8 Å². The van der Waals surface area contributed by atoms with Gasteiger partial charge in [-0.1, -0.05) is 0 Å². The van der Waals surface area contributed by atoms with Crippen LogP contribution in [-0.2, 0) is 16.0 Å². The highest BCUT2D eigenvalue weighted by molar-refractivity contribution is 5.69. The molecular formula is C11H19N3O2. The lowest BCUT2D eigenvalue weighted by atomic mass is 10.0. The van der Waals surface area contributed by atoms with Crippen LogP contribution in [0.15, 0.2) is 0 Å². The Morgan fingerprint density at radius 3 is 2.75 bits per heavy atom. The number of nitrogens with one attached hydrogen (secondary N) is 1. The molecule has 0 spiro atoms. The minimum absolute atomic E-state index is 0.0332. The average molecular weight is 225 g/mol. The van der Waals surface area contributed by atoms with Crippen molar-refractivity contribution in [1.29, 1.82) is 0 Å². The molecule has 0 amide bonds. The number of aryl methyl sites for hydroxylation is 2. The number of aromatic nitrogens is 2. The van der Waals surface area contributed by atoms with E-state index in [1.54, 1.807) is 0 Å². The monoisotopic (exact) mass is 225 g/mol. The summed E-state index contributed by atoms with van der Waals surface area (Å²) >= 11 is 0. The Balaban J connectivity index is 2.45. The smallest absolute Gasteiger partial charge is 0.305 e. The Labute approximate surface area is 95.4 Å². The molecule has 5 nitrogen and oxygen atoms in total. The van der Waals surface area contributed by atoms with E-state index in [1.165, 1.54) is 7.11 Å². The lowest BCUT2D eigenvalue weighted by molar-refractivity contribution is -0.140. The Bertz CT molecular complexity index is 341. The molecule has 0 aliphatic carbocycles. The summed E-state index contributed by atoms with van der Waals surface area (Å²) in [5, 5.41) is 7.03. The average Bonchev–Trinajstić information content (AvgIpc) is 2.57. The molecule has 0 saturated carbocycles. The van der Waals surface area contributed by atoms with Crippen molar-refractivity contribution in [3.63, 3.8) is 0 Å². The van der Waals surface area contributed by atoms with E-state index < -0.39 is 0 Å². The minimum atomic E-state index is -0.212. The van der Waals surface area contributed by atoms with E-state index in [2.05, 4.69) is 14.9 Å². The SMILES string of the molecule is COC(=O)CCC(N)Cc1c(C)n[nH]c1C.